The van der Waals surface area contributed by atoms with Crippen LogP contribution < -0.4 is 10.6 Å². The van der Waals surface area contributed by atoms with E-state index in [4.69, 9.17) is 5.11 Å². The van der Waals surface area contributed by atoms with E-state index in [0.717, 1.165) is 18.8 Å². The molecule has 5 nitrogen and oxygen atoms in total. The monoisotopic (exact) mass is 276 g/mol. The molecule has 20 heavy (non-hydrogen) atoms. The summed E-state index contributed by atoms with van der Waals surface area (Å²) in [6.45, 7) is 2.05. The molecule has 0 spiro atoms. The van der Waals surface area contributed by atoms with Crippen LogP contribution in [0.4, 0.5) is 10.5 Å². The largest absolute Gasteiger partial charge is 0.478 e. The average molecular weight is 276 g/mol. The second-order valence-corrected chi connectivity index (χ2v) is 5.27. The fraction of sp³-hybridized carbons (Fsp3) is 0.467. The SMILES string of the molecule is CCC(CC1CC1)NC(=O)Nc1cccc(C(=O)O)c1. The normalized spacial score (nSPS) is 15.4. The van der Waals surface area contributed by atoms with Crippen molar-refractivity contribution in [2.45, 2.75) is 38.6 Å². The van der Waals surface area contributed by atoms with Crippen LogP contribution in [0.15, 0.2) is 24.3 Å². The Morgan fingerprint density at radius 3 is 2.75 bits per heavy atom. The quantitative estimate of drug-likeness (QED) is 0.747. The molecule has 108 valence electrons. The first-order valence-electron chi connectivity index (χ1n) is 6.99. The predicted molar refractivity (Wildman–Crippen MR) is 77.0 cm³/mol. The number of hydrogen-bond acceptors (Lipinski definition) is 2. The second kappa shape index (κ2) is 6.41. The van der Waals surface area contributed by atoms with E-state index in [1.165, 1.54) is 25.0 Å². The molecule has 3 N–H and O–H groups in total. The van der Waals surface area contributed by atoms with E-state index in [0.29, 0.717) is 5.69 Å². The van der Waals surface area contributed by atoms with Crippen LogP contribution in [0.5, 0.6) is 0 Å². The standard InChI is InChI=1S/C15H20N2O3/c1-2-12(8-10-6-7-10)16-15(20)17-13-5-3-4-11(9-13)14(18)19/h3-5,9-10,12H,2,6-8H2,1H3,(H,18,19)(H2,16,17,20). The van der Waals surface area contributed by atoms with E-state index in [9.17, 15) is 9.59 Å². The molecule has 0 bridgehead atoms. The Morgan fingerprint density at radius 2 is 2.15 bits per heavy atom. The van der Waals surface area contributed by atoms with Gasteiger partial charge < -0.3 is 15.7 Å². The minimum Gasteiger partial charge on any atom is -0.478 e. The van der Waals surface area contributed by atoms with E-state index in [2.05, 4.69) is 17.6 Å². The van der Waals surface area contributed by atoms with Crippen LogP contribution in [0.1, 0.15) is 43.0 Å². The van der Waals surface area contributed by atoms with Crippen molar-refractivity contribution in [3.05, 3.63) is 29.8 Å². The van der Waals surface area contributed by atoms with E-state index in [1.807, 2.05) is 0 Å². The number of benzene rings is 1. The van der Waals surface area contributed by atoms with Gasteiger partial charge in [-0.05, 0) is 37.0 Å². The molecule has 5 heteroatoms. The molecule has 0 heterocycles. The van der Waals surface area contributed by atoms with Gasteiger partial charge in [0, 0.05) is 11.7 Å². The summed E-state index contributed by atoms with van der Waals surface area (Å²) in [6.07, 6.45) is 4.46. The number of carbonyl (C=O) groups excluding carboxylic acids is 1. The molecule has 1 aliphatic carbocycles. The number of aromatic carboxylic acids is 1. The lowest BCUT2D eigenvalue weighted by atomic mass is 10.1. The molecule has 0 radical (unpaired) electrons. The molecule has 1 aromatic carbocycles. The zero-order valence-electron chi connectivity index (χ0n) is 11.6. The smallest absolute Gasteiger partial charge is 0.335 e. The van der Waals surface area contributed by atoms with Gasteiger partial charge >= 0.3 is 12.0 Å². The number of carbonyl (C=O) groups is 2. The van der Waals surface area contributed by atoms with Gasteiger partial charge in [0.05, 0.1) is 5.56 Å². The van der Waals surface area contributed by atoms with Gasteiger partial charge in [0.15, 0.2) is 0 Å². The molecule has 1 unspecified atom stereocenters. The fourth-order valence-corrected chi connectivity index (χ4v) is 2.17. The predicted octanol–water partition coefficient (Wildman–Crippen LogP) is 3.09. The third kappa shape index (κ3) is 4.26. The zero-order chi connectivity index (χ0) is 14.5. The van der Waals surface area contributed by atoms with Crippen molar-refractivity contribution in [1.82, 2.24) is 5.32 Å². The molecule has 0 aromatic heterocycles. The first-order valence-corrected chi connectivity index (χ1v) is 6.99. The molecule has 0 saturated heterocycles. The summed E-state index contributed by atoms with van der Waals surface area (Å²) in [5.74, 6) is -0.246. The Bertz CT molecular complexity index is 498. The number of carboxylic acid groups (broad SMARTS) is 1. The maximum atomic E-state index is 11.9. The third-order valence-electron chi connectivity index (χ3n) is 3.51. The summed E-state index contributed by atoms with van der Waals surface area (Å²) in [7, 11) is 0. The average Bonchev–Trinajstić information content (AvgIpc) is 3.22. The molecule has 2 amide bonds. The van der Waals surface area contributed by atoms with E-state index in [1.54, 1.807) is 12.1 Å². The Labute approximate surface area is 118 Å². The van der Waals surface area contributed by atoms with Crippen molar-refractivity contribution in [1.29, 1.82) is 0 Å². The molecule has 1 fully saturated rings. The highest BCUT2D eigenvalue weighted by Gasteiger charge is 2.25. The number of anilines is 1. The molecular formula is C15H20N2O3. The van der Waals surface area contributed by atoms with Gasteiger partial charge in [0.2, 0.25) is 0 Å². The fourth-order valence-electron chi connectivity index (χ4n) is 2.17. The van der Waals surface area contributed by atoms with Gasteiger partial charge in [0.25, 0.3) is 0 Å². The Hall–Kier alpha value is -2.04. The molecule has 1 aromatic rings. The number of carboxylic acids is 1. The zero-order valence-corrected chi connectivity index (χ0v) is 11.6. The molecular weight excluding hydrogens is 256 g/mol. The van der Waals surface area contributed by atoms with Crippen molar-refractivity contribution in [3.8, 4) is 0 Å². The van der Waals surface area contributed by atoms with Crippen LogP contribution >= 0.6 is 0 Å². The summed E-state index contributed by atoms with van der Waals surface area (Å²) in [6, 6.07) is 6.14. The van der Waals surface area contributed by atoms with Crippen molar-refractivity contribution >= 4 is 17.7 Å². The molecule has 1 atom stereocenters. The van der Waals surface area contributed by atoms with Crippen molar-refractivity contribution in [2.75, 3.05) is 5.32 Å². The first-order chi connectivity index (χ1) is 9.58. The summed E-state index contributed by atoms with van der Waals surface area (Å²) in [5.41, 5.74) is 0.650. The van der Waals surface area contributed by atoms with E-state index in [-0.39, 0.29) is 17.6 Å². The van der Waals surface area contributed by atoms with Gasteiger partial charge in [-0.1, -0.05) is 25.8 Å². The maximum Gasteiger partial charge on any atom is 0.335 e. The molecule has 1 saturated carbocycles. The minimum atomic E-state index is -1.01. The third-order valence-corrected chi connectivity index (χ3v) is 3.51. The van der Waals surface area contributed by atoms with Gasteiger partial charge in [-0.15, -0.1) is 0 Å². The second-order valence-electron chi connectivity index (χ2n) is 5.27. The Kier molecular flexibility index (Phi) is 4.61. The summed E-state index contributed by atoms with van der Waals surface area (Å²) in [4.78, 5) is 22.8. The highest BCUT2D eigenvalue weighted by Crippen LogP contribution is 2.34. The first kappa shape index (κ1) is 14.4. The van der Waals surface area contributed by atoms with Gasteiger partial charge in [-0.3, -0.25) is 0 Å². The Morgan fingerprint density at radius 1 is 1.40 bits per heavy atom. The molecule has 2 rings (SSSR count). The van der Waals surface area contributed by atoms with E-state index < -0.39 is 5.97 Å². The topological polar surface area (TPSA) is 78.4 Å². The van der Waals surface area contributed by atoms with Gasteiger partial charge in [-0.2, -0.15) is 0 Å². The van der Waals surface area contributed by atoms with Crippen LogP contribution in [0.3, 0.4) is 0 Å². The van der Waals surface area contributed by atoms with Crippen LogP contribution in [0, 0.1) is 5.92 Å². The number of hydrogen-bond donors (Lipinski definition) is 3. The van der Waals surface area contributed by atoms with Crippen LogP contribution in [0.2, 0.25) is 0 Å². The van der Waals surface area contributed by atoms with Crippen LogP contribution in [-0.4, -0.2) is 23.1 Å². The lowest BCUT2D eigenvalue weighted by Crippen LogP contribution is -2.37. The lowest BCUT2D eigenvalue weighted by Gasteiger charge is -2.17. The number of rotatable bonds is 6. The van der Waals surface area contributed by atoms with Gasteiger partial charge in [0.1, 0.15) is 0 Å². The van der Waals surface area contributed by atoms with E-state index >= 15 is 0 Å². The highest BCUT2D eigenvalue weighted by atomic mass is 16.4. The van der Waals surface area contributed by atoms with Gasteiger partial charge in [-0.25, -0.2) is 9.59 Å². The summed E-state index contributed by atoms with van der Waals surface area (Å²) < 4.78 is 0. The van der Waals surface area contributed by atoms with Crippen LogP contribution in [-0.2, 0) is 0 Å². The number of nitrogens with one attached hydrogen (secondary N) is 2. The molecule has 0 aliphatic heterocycles. The maximum absolute atomic E-state index is 11.9. The number of amides is 2. The minimum absolute atomic E-state index is 0.160. The van der Waals surface area contributed by atoms with Crippen molar-refractivity contribution < 1.29 is 14.7 Å². The summed E-state index contributed by atoms with van der Waals surface area (Å²) in [5, 5.41) is 14.5. The number of urea groups is 1. The molecule has 1 aliphatic rings. The Balaban J connectivity index is 1.89. The van der Waals surface area contributed by atoms with Crippen molar-refractivity contribution in [2.24, 2.45) is 5.92 Å². The van der Waals surface area contributed by atoms with Crippen molar-refractivity contribution in [3.63, 3.8) is 0 Å². The highest BCUT2D eigenvalue weighted by molar-refractivity contribution is 5.93. The van der Waals surface area contributed by atoms with Crippen LogP contribution in [0.25, 0.3) is 0 Å². The summed E-state index contributed by atoms with van der Waals surface area (Å²) >= 11 is 0. The lowest BCUT2D eigenvalue weighted by molar-refractivity contribution is 0.0697.